The highest BCUT2D eigenvalue weighted by Crippen LogP contribution is 2.31. The number of nitrogens with zero attached hydrogens (tertiary/aromatic N) is 1. The van der Waals surface area contributed by atoms with E-state index in [-0.39, 0.29) is 24.0 Å². The van der Waals surface area contributed by atoms with E-state index in [1.54, 1.807) is 18.2 Å². The summed E-state index contributed by atoms with van der Waals surface area (Å²) in [6.45, 7) is -0.172. The topological polar surface area (TPSA) is 42.4 Å². The van der Waals surface area contributed by atoms with E-state index in [0.717, 1.165) is 5.56 Å². The van der Waals surface area contributed by atoms with Gasteiger partial charge < -0.3 is 9.84 Å². The molecule has 1 heterocycles. The number of aromatic hydroxyl groups is 1. The minimum atomic E-state index is -1.23. The van der Waals surface area contributed by atoms with E-state index < -0.39 is 11.7 Å². The van der Waals surface area contributed by atoms with Gasteiger partial charge in [0.15, 0.2) is 0 Å². The van der Waals surface area contributed by atoms with Gasteiger partial charge in [0.05, 0.1) is 6.20 Å². The van der Waals surface area contributed by atoms with E-state index in [4.69, 9.17) is 4.74 Å². The summed E-state index contributed by atoms with van der Waals surface area (Å²) in [7, 11) is 2.00. The monoisotopic (exact) mass is 387 g/mol. The zero-order valence-corrected chi connectivity index (χ0v) is 15.7. The second-order valence-electron chi connectivity index (χ2n) is 6.23. The van der Waals surface area contributed by atoms with Gasteiger partial charge in [-0.05, 0) is 41.8 Å². The third-order valence-corrected chi connectivity index (χ3v) is 4.31. The maximum Gasteiger partial charge on any atom is 0.147 e. The standard InChI is InChI=1S/C21H20F2NO2P/c22-16-9-15(10-18(11-16)26-13-21(23)27)19(8-14-4-2-1-3-5-14)20-7-6-17(25)12-24-20/h1-7,9-12,19,21,25H,8,13,27H2. The number of hydrogen-bond donors (Lipinski definition) is 1. The van der Waals surface area contributed by atoms with E-state index in [1.807, 2.05) is 39.6 Å². The van der Waals surface area contributed by atoms with Crippen LogP contribution in [-0.4, -0.2) is 22.6 Å². The molecule has 0 radical (unpaired) electrons. The van der Waals surface area contributed by atoms with Crippen molar-refractivity contribution in [3.05, 3.63) is 89.5 Å². The van der Waals surface area contributed by atoms with Gasteiger partial charge in [0.1, 0.15) is 29.8 Å². The number of pyridine rings is 1. The van der Waals surface area contributed by atoms with E-state index in [0.29, 0.717) is 17.7 Å². The van der Waals surface area contributed by atoms with Crippen molar-refractivity contribution in [1.29, 1.82) is 0 Å². The maximum atomic E-state index is 14.2. The van der Waals surface area contributed by atoms with Crippen LogP contribution in [0.4, 0.5) is 8.78 Å². The van der Waals surface area contributed by atoms with Crippen molar-refractivity contribution in [2.45, 2.75) is 18.3 Å². The number of benzene rings is 2. The summed E-state index contributed by atoms with van der Waals surface area (Å²) in [6, 6.07) is 17.4. The Kier molecular flexibility index (Phi) is 6.36. The summed E-state index contributed by atoms with van der Waals surface area (Å²) in [5.41, 5.74) is 2.44. The van der Waals surface area contributed by atoms with Gasteiger partial charge in [-0.2, -0.15) is 0 Å². The van der Waals surface area contributed by atoms with Crippen molar-refractivity contribution in [2.75, 3.05) is 6.61 Å². The molecule has 0 aliphatic rings. The normalized spacial score (nSPS) is 13.1. The predicted molar refractivity (Wildman–Crippen MR) is 104 cm³/mol. The Balaban J connectivity index is 1.97. The number of aromatic nitrogens is 1. The largest absolute Gasteiger partial charge is 0.506 e. The van der Waals surface area contributed by atoms with Gasteiger partial charge in [-0.1, -0.05) is 39.6 Å². The molecule has 3 nitrogen and oxygen atoms in total. The Morgan fingerprint density at radius 1 is 1.07 bits per heavy atom. The first kappa shape index (κ1) is 19.2. The second kappa shape index (κ2) is 8.92. The molecule has 0 bridgehead atoms. The van der Waals surface area contributed by atoms with Crippen LogP contribution in [0.15, 0.2) is 66.9 Å². The molecule has 140 valence electrons. The fourth-order valence-electron chi connectivity index (χ4n) is 2.89. The van der Waals surface area contributed by atoms with Crippen molar-refractivity contribution in [3.8, 4) is 11.5 Å². The lowest BCUT2D eigenvalue weighted by Gasteiger charge is -2.19. The summed E-state index contributed by atoms with van der Waals surface area (Å²) in [4.78, 5) is 4.31. The molecule has 0 fully saturated rings. The molecule has 0 spiro atoms. The van der Waals surface area contributed by atoms with Gasteiger partial charge >= 0.3 is 0 Å². The van der Waals surface area contributed by atoms with Gasteiger partial charge in [0.25, 0.3) is 0 Å². The summed E-state index contributed by atoms with van der Waals surface area (Å²) in [6.07, 6.45) is 1.96. The fourth-order valence-corrected chi connectivity index (χ4v) is 2.99. The van der Waals surface area contributed by atoms with Crippen LogP contribution < -0.4 is 4.74 Å². The van der Waals surface area contributed by atoms with Gasteiger partial charge in [-0.3, -0.25) is 4.98 Å². The molecule has 0 aliphatic carbocycles. The molecule has 1 aromatic heterocycles. The van der Waals surface area contributed by atoms with Gasteiger partial charge in [0, 0.05) is 17.7 Å². The van der Waals surface area contributed by atoms with Gasteiger partial charge in [-0.15, -0.1) is 0 Å². The van der Waals surface area contributed by atoms with E-state index in [2.05, 4.69) is 4.98 Å². The van der Waals surface area contributed by atoms with Crippen LogP contribution >= 0.6 is 9.24 Å². The summed E-state index contributed by atoms with van der Waals surface area (Å²) in [5.74, 6) is -1.60. The van der Waals surface area contributed by atoms with Crippen LogP contribution in [0.25, 0.3) is 0 Å². The lowest BCUT2D eigenvalue weighted by Crippen LogP contribution is -2.09. The average molecular weight is 387 g/mol. The van der Waals surface area contributed by atoms with Crippen molar-refractivity contribution in [3.63, 3.8) is 0 Å². The molecule has 0 saturated heterocycles. The average Bonchev–Trinajstić information content (AvgIpc) is 2.66. The molecule has 3 aromatic rings. The molecule has 2 aromatic carbocycles. The van der Waals surface area contributed by atoms with Gasteiger partial charge in [-0.25, -0.2) is 8.78 Å². The molecule has 0 saturated carbocycles. The molecular weight excluding hydrogens is 367 g/mol. The van der Waals surface area contributed by atoms with Crippen LogP contribution in [0.5, 0.6) is 11.5 Å². The fraction of sp³-hybridized carbons (Fsp3) is 0.190. The zero-order chi connectivity index (χ0) is 19.2. The third-order valence-electron chi connectivity index (χ3n) is 4.12. The van der Waals surface area contributed by atoms with Crippen LogP contribution in [0.3, 0.4) is 0 Å². The molecule has 27 heavy (non-hydrogen) atoms. The Labute approximate surface area is 159 Å². The molecule has 3 unspecified atom stereocenters. The Morgan fingerprint density at radius 3 is 2.52 bits per heavy atom. The first-order valence-electron chi connectivity index (χ1n) is 8.53. The van der Waals surface area contributed by atoms with Crippen LogP contribution in [-0.2, 0) is 6.42 Å². The van der Waals surface area contributed by atoms with Crippen molar-refractivity contribution < 1.29 is 18.6 Å². The highest BCUT2D eigenvalue weighted by molar-refractivity contribution is 7.17. The number of hydrogen-bond acceptors (Lipinski definition) is 3. The van der Waals surface area contributed by atoms with Crippen LogP contribution in [0, 0.1) is 5.82 Å². The minimum Gasteiger partial charge on any atom is -0.506 e. The minimum absolute atomic E-state index is 0.0647. The molecule has 0 aliphatic heterocycles. The third kappa shape index (κ3) is 5.48. The first-order chi connectivity index (χ1) is 13.0. The van der Waals surface area contributed by atoms with E-state index in [1.165, 1.54) is 18.3 Å². The molecule has 0 amide bonds. The van der Waals surface area contributed by atoms with Crippen LogP contribution in [0.2, 0.25) is 0 Å². The molecule has 1 N–H and O–H groups in total. The number of alkyl halides is 1. The SMILES string of the molecule is Oc1ccc(C(Cc2ccccc2)c2cc(F)cc(OCC(F)P)c2)nc1. The second-order valence-corrected chi connectivity index (χ2v) is 6.95. The first-order valence-corrected chi connectivity index (χ1v) is 9.19. The Morgan fingerprint density at radius 2 is 1.85 bits per heavy atom. The Bertz CT molecular complexity index is 873. The van der Waals surface area contributed by atoms with E-state index in [9.17, 15) is 13.9 Å². The van der Waals surface area contributed by atoms with Crippen molar-refractivity contribution >= 4 is 9.24 Å². The highest BCUT2D eigenvalue weighted by atomic mass is 31.0. The molecular formula is C21H20F2NO2P. The number of halogens is 2. The summed E-state index contributed by atoms with van der Waals surface area (Å²) in [5, 5.41) is 9.53. The molecule has 6 heteroatoms. The van der Waals surface area contributed by atoms with E-state index >= 15 is 0 Å². The van der Waals surface area contributed by atoms with Crippen molar-refractivity contribution in [2.24, 2.45) is 0 Å². The summed E-state index contributed by atoms with van der Waals surface area (Å²) >= 11 is 0. The maximum absolute atomic E-state index is 14.2. The summed E-state index contributed by atoms with van der Waals surface area (Å²) < 4.78 is 32.6. The lowest BCUT2D eigenvalue weighted by atomic mass is 9.88. The number of rotatable bonds is 7. The molecule has 3 atom stereocenters. The molecule has 3 rings (SSSR count). The van der Waals surface area contributed by atoms with Crippen LogP contribution in [0.1, 0.15) is 22.7 Å². The predicted octanol–water partition coefficient (Wildman–Crippen LogP) is 4.85. The lowest BCUT2D eigenvalue weighted by molar-refractivity contribution is 0.252. The highest BCUT2D eigenvalue weighted by Gasteiger charge is 2.19. The Hall–Kier alpha value is -2.52. The van der Waals surface area contributed by atoms with Crippen molar-refractivity contribution in [1.82, 2.24) is 4.98 Å². The quantitative estimate of drug-likeness (QED) is 0.590. The smallest absolute Gasteiger partial charge is 0.147 e. The van der Waals surface area contributed by atoms with Gasteiger partial charge in [0.2, 0.25) is 0 Å². The number of ether oxygens (including phenoxy) is 1. The zero-order valence-electron chi connectivity index (χ0n) is 14.6.